The number of aromatic nitrogens is 4. The lowest BCUT2D eigenvalue weighted by molar-refractivity contribution is -0.117. The molecule has 0 fully saturated rings. The SMILES string of the molecule is CNC(=O)NC(=O)CSc1nnnn1-c1ccc(C)c(C)c1. The standard InChI is InChI=1S/C13H16N6O2S/c1-8-4-5-10(6-9(8)2)19-13(16-17-18-19)22-7-11(20)15-12(21)14-3/h4-6H,7H2,1-3H3,(H2,14,15,20,21). The molecule has 2 rings (SSSR count). The predicted octanol–water partition coefficient (Wildman–Crippen LogP) is 0.827. The first-order chi connectivity index (χ1) is 10.5. The van der Waals surface area contributed by atoms with Crippen LogP contribution in [0.2, 0.25) is 0 Å². The zero-order valence-corrected chi connectivity index (χ0v) is 13.3. The maximum atomic E-state index is 11.6. The summed E-state index contributed by atoms with van der Waals surface area (Å²) in [5.74, 6) is -0.377. The maximum Gasteiger partial charge on any atom is 0.321 e. The Morgan fingerprint density at radius 1 is 1.27 bits per heavy atom. The molecule has 0 saturated heterocycles. The van der Waals surface area contributed by atoms with Crippen LogP contribution in [0.1, 0.15) is 11.1 Å². The second kappa shape index (κ2) is 7.03. The third kappa shape index (κ3) is 3.82. The smallest absolute Gasteiger partial charge is 0.321 e. The van der Waals surface area contributed by atoms with Crippen molar-refractivity contribution in [3.63, 3.8) is 0 Å². The molecule has 0 unspecified atom stereocenters. The monoisotopic (exact) mass is 320 g/mol. The average molecular weight is 320 g/mol. The second-order valence-corrected chi connectivity index (χ2v) is 5.50. The van der Waals surface area contributed by atoms with E-state index in [9.17, 15) is 9.59 Å². The summed E-state index contributed by atoms with van der Waals surface area (Å²) in [5.41, 5.74) is 3.12. The molecule has 22 heavy (non-hydrogen) atoms. The van der Waals surface area contributed by atoms with Crippen molar-refractivity contribution < 1.29 is 9.59 Å². The van der Waals surface area contributed by atoms with Crippen LogP contribution in [0.15, 0.2) is 23.4 Å². The summed E-state index contributed by atoms with van der Waals surface area (Å²) in [4.78, 5) is 22.6. The van der Waals surface area contributed by atoms with Crippen molar-refractivity contribution in [1.29, 1.82) is 0 Å². The van der Waals surface area contributed by atoms with Crippen LogP contribution in [0.4, 0.5) is 4.79 Å². The topological polar surface area (TPSA) is 102 Å². The molecule has 1 aromatic carbocycles. The summed E-state index contributed by atoms with van der Waals surface area (Å²) >= 11 is 1.15. The lowest BCUT2D eigenvalue weighted by Gasteiger charge is -2.07. The summed E-state index contributed by atoms with van der Waals surface area (Å²) in [6, 6.07) is 5.33. The van der Waals surface area contributed by atoms with Gasteiger partial charge >= 0.3 is 6.03 Å². The molecular formula is C13H16N6O2S. The van der Waals surface area contributed by atoms with Crippen molar-refractivity contribution in [2.75, 3.05) is 12.8 Å². The first-order valence-corrected chi connectivity index (χ1v) is 7.50. The Morgan fingerprint density at radius 2 is 2.05 bits per heavy atom. The molecule has 0 radical (unpaired) electrons. The van der Waals surface area contributed by atoms with Gasteiger partial charge < -0.3 is 5.32 Å². The van der Waals surface area contributed by atoms with E-state index in [-0.39, 0.29) is 5.75 Å². The molecule has 8 nitrogen and oxygen atoms in total. The predicted molar refractivity (Wildman–Crippen MR) is 82.0 cm³/mol. The molecule has 9 heteroatoms. The van der Waals surface area contributed by atoms with Gasteiger partial charge in [0.2, 0.25) is 11.1 Å². The first kappa shape index (κ1) is 16.0. The molecule has 0 saturated carbocycles. The number of urea groups is 1. The minimum atomic E-state index is -0.542. The molecule has 0 aliphatic heterocycles. The fraction of sp³-hybridized carbons (Fsp3) is 0.308. The van der Waals surface area contributed by atoms with Gasteiger partial charge in [0.1, 0.15) is 0 Å². The normalized spacial score (nSPS) is 10.3. The Balaban J connectivity index is 2.08. The largest absolute Gasteiger partial charge is 0.341 e. The quantitative estimate of drug-likeness (QED) is 0.809. The van der Waals surface area contributed by atoms with Crippen molar-refractivity contribution in [2.24, 2.45) is 0 Å². The number of nitrogens with one attached hydrogen (secondary N) is 2. The molecule has 1 heterocycles. The van der Waals surface area contributed by atoms with Crippen LogP contribution < -0.4 is 10.6 Å². The summed E-state index contributed by atoms with van der Waals surface area (Å²) in [6.07, 6.45) is 0. The number of thioether (sulfide) groups is 1. The van der Waals surface area contributed by atoms with Gasteiger partial charge in [0.15, 0.2) is 0 Å². The third-order valence-electron chi connectivity index (χ3n) is 2.99. The van der Waals surface area contributed by atoms with Crippen molar-refractivity contribution in [2.45, 2.75) is 19.0 Å². The molecule has 0 atom stereocenters. The molecule has 116 valence electrons. The molecule has 3 amide bonds. The summed E-state index contributed by atoms with van der Waals surface area (Å²) in [5, 5.41) is 16.4. The van der Waals surface area contributed by atoms with Gasteiger partial charge in [-0.2, -0.15) is 4.68 Å². The van der Waals surface area contributed by atoms with Gasteiger partial charge in [0, 0.05) is 7.05 Å². The van der Waals surface area contributed by atoms with E-state index in [1.807, 2.05) is 32.0 Å². The van der Waals surface area contributed by atoms with Gasteiger partial charge in [0.25, 0.3) is 0 Å². The second-order valence-electron chi connectivity index (χ2n) is 4.56. The number of hydrogen-bond donors (Lipinski definition) is 2. The van der Waals surface area contributed by atoms with E-state index in [0.29, 0.717) is 5.16 Å². The Labute approximate surface area is 131 Å². The van der Waals surface area contributed by atoms with Crippen LogP contribution in [-0.4, -0.2) is 44.9 Å². The first-order valence-electron chi connectivity index (χ1n) is 6.51. The van der Waals surface area contributed by atoms with Crippen LogP contribution in [0.5, 0.6) is 0 Å². The summed E-state index contributed by atoms with van der Waals surface area (Å²) in [6.45, 7) is 4.03. The minimum absolute atomic E-state index is 0.0403. The Morgan fingerprint density at radius 3 is 2.73 bits per heavy atom. The van der Waals surface area contributed by atoms with Crippen LogP contribution in [0, 0.1) is 13.8 Å². The van der Waals surface area contributed by atoms with E-state index in [4.69, 9.17) is 0 Å². The van der Waals surface area contributed by atoms with Gasteiger partial charge in [-0.15, -0.1) is 5.10 Å². The van der Waals surface area contributed by atoms with E-state index >= 15 is 0 Å². The van der Waals surface area contributed by atoms with Gasteiger partial charge in [0.05, 0.1) is 11.4 Å². The zero-order chi connectivity index (χ0) is 16.1. The highest BCUT2D eigenvalue weighted by Gasteiger charge is 2.13. The number of tetrazole rings is 1. The average Bonchev–Trinajstić information content (AvgIpc) is 2.96. The number of carbonyl (C=O) groups is 2. The molecule has 0 aliphatic carbocycles. The Kier molecular flexibility index (Phi) is 5.10. The van der Waals surface area contributed by atoms with Gasteiger partial charge in [-0.3, -0.25) is 10.1 Å². The molecule has 0 bridgehead atoms. The van der Waals surface area contributed by atoms with Crippen molar-refractivity contribution in [1.82, 2.24) is 30.8 Å². The minimum Gasteiger partial charge on any atom is -0.341 e. The number of hydrogen-bond acceptors (Lipinski definition) is 6. The van der Waals surface area contributed by atoms with Gasteiger partial charge in [-0.05, 0) is 47.5 Å². The van der Waals surface area contributed by atoms with E-state index < -0.39 is 11.9 Å². The number of rotatable bonds is 4. The van der Waals surface area contributed by atoms with E-state index in [1.165, 1.54) is 12.6 Å². The van der Waals surface area contributed by atoms with Crippen molar-refractivity contribution in [3.8, 4) is 5.69 Å². The molecule has 0 spiro atoms. The lowest BCUT2D eigenvalue weighted by atomic mass is 10.1. The highest BCUT2D eigenvalue weighted by Crippen LogP contribution is 2.19. The third-order valence-corrected chi connectivity index (χ3v) is 3.91. The van der Waals surface area contributed by atoms with E-state index in [0.717, 1.165) is 23.0 Å². The van der Waals surface area contributed by atoms with E-state index in [1.54, 1.807) is 4.68 Å². The fourth-order valence-corrected chi connectivity index (χ4v) is 2.33. The number of nitrogens with zero attached hydrogens (tertiary/aromatic N) is 4. The highest BCUT2D eigenvalue weighted by molar-refractivity contribution is 7.99. The number of imide groups is 1. The number of aryl methyl sites for hydroxylation is 2. The maximum absolute atomic E-state index is 11.6. The number of benzene rings is 1. The molecule has 1 aromatic heterocycles. The summed E-state index contributed by atoms with van der Waals surface area (Å²) < 4.78 is 1.56. The lowest BCUT2D eigenvalue weighted by Crippen LogP contribution is -2.38. The number of carbonyl (C=O) groups excluding carboxylic acids is 2. The van der Waals surface area contributed by atoms with Crippen LogP contribution in [0.3, 0.4) is 0 Å². The molecule has 2 N–H and O–H groups in total. The van der Waals surface area contributed by atoms with Crippen molar-refractivity contribution >= 4 is 23.7 Å². The van der Waals surface area contributed by atoms with Gasteiger partial charge in [-0.1, -0.05) is 17.8 Å². The number of amides is 3. The molecule has 2 aromatic rings. The van der Waals surface area contributed by atoms with Crippen LogP contribution >= 0.6 is 11.8 Å². The Hall–Kier alpha value is -2.42. The fourth-order valence-electron chi connectivity index (χ4n) is 1.64. The molecule has 0 aliphatic rings. The Bertz CT molecular complexity index is 700. The van der Waals surface area contributed by atoms with Crippen molar-refractivity contribution in [3.05, 3.63) is 29.3 Å². The molecular weight excluding hydrogens is 304 g/mol. The highest BCUT2D eigenvalue weighted by atomic mass is 32.2. The van der Waals surface area contributed by atoms with Crippen LogP contribution in [0.25, 0.3) is 5.69 Å². The zero-order valence-electron chi connectivity index (χ0n) is 12.5. The summed E-state index contributed by atoms with van der Waals surface area (Å²) in [7, 11) is 1.44. The van der Waals surface area contributed by atoms with Crippen LogP contribution in [-0.2, 0) is 4.79 Å². The van der Waals surface area contributed by atoms with E-state index in [2.05, 4.69) is 26.2 Å². The van der Waals surface area contributed by atoms with Gasteiger partial charge in [-0.25, -0.2) is 4.79 Å².